The van der Waals surface area contributed by atoms with Crippen molar-refractivity contribution in [2.24, 2.45) is 11.7 Å². The van der Waals surface area contributed by atoms with E-state index in [-0.39, 0.29) is 11.8 Å². The Balaban J connectivity index is 2.34. The highest BCUT2D eigenvalue weighted by Gasteiger charge is 2.14. The smallest absolute Gasteiger partial charge is 0.222 e. The van der Waals surface area contributed by atoms with Crippen LogP contribution in [0.3, 0.4) is 0 Å². The Kier molecular flexibility index (Phi) is 5.15. The lowest BCUT2D eigenvalue weighted by molar-refractivity contribution is -0.130. The quantitative estimate of drug-likeness (QED) is 0.783. The zero-order chi connectivity index (χ0) is 12.8. The van der Waals surface area contributed by atoms with Crippen molar-refractivity contribution < 1.29 is 9.21 Å². The van der Waals surface area contributed by atoms with Gasteiger partial charge >= 0.3 is 0 Å². The highest BCUT2D eigenvalue weighted by atomic mass is 32.1. The molecule has 0 aliphatic rings. The summed E-state index contributed by atoms with van der Waals surface area (Å²) < 4.78 is 5.17. The fraction of sp³-hybridized carbons (Fsp3) is 0.500. The summed E-state index contributed by atoms with van der Waals surface area (Å²) in [4.78, 5) is 13.9. The summed E-state index contributed by atoms with van der Waals surface area (Å²) in [5, 5.41) is 0. The minimum atomic E-state index is 0.0440. The van der Waals surface area contributed by atoms with Gasteiger partial charge in [0.15, 0.2) is 0 Å². The Bertz CT molecular complexity index is 376. The van der Waals surface area contributed by atoms with Crippen molar-refractivity contribution in [1.82, 2.24) is 4.90 Å². The highest BCUT2D eigenvalue weighted by Crippen LogP contribution is 2.06. The van der Waals surface area contributed by atoms with Gasteiger partial charge in [0.1, 0.15) is 5.76 Å². The molecule has 1 rings (SSSR count). The fourth-order valence-corrected chi connectivity index (χ4v) is 1.55. The number of nitrogens with two attached hydrogens (primary N) is 1. The summed E-state index contributed by atoms with van der Waals surface area (Å²) in [5.41, 5.74) is 5.51. The highest BCUT2D eigenvalue weighted by molar-refractivity contribution is 7.80. The molecule has 1 aromatic rings. The van der Waals surface area contributed by atoms with Crippen molar-refractivity contribution >= 4 is 23.1 Å². The number of carbonyl (C=O) groups excluding carboxylic acids is 1. The van der Waals surface area contributed by atoms with E-state index in [1.54, 1.807) is 18.2 Å². The van der Waals surface area contributed by atoms with Crippen LogP contribution in [0.15, 0.2) is 22.8 Å². The molecule has 0 fully saturated rings. The molecular formula is C12H18N2O2S. The van der Waals surface area contributed by atoms with E-state index < -0.39 is 0 Å². The number of aryl methyl sites for hydroxylation is 1. The van der Waals surface area contributed by atoms with Gasteiger partial charge in [-0.2, -0.15) is 0 Å². The van der Waals surface area contributed by atoms with Gasteiger partial charge in [0.25, 0.3) is 0 Å². The van der Waals surface area contributed by atoms with Crippen molar-refractivity contribution in [2.75, 3.05) is 13.6 Å². The van der Waals surface area contributed by atoms with Crippen LogP contribution in [0.2, 0.25) is 0 Å². The molecule has 0 spiro atoms. The zero-order valence-electron chi connectivity index (χ0n) is 10.2. The molecule has 0 aromatic carbocycles. The number of furan rings is 1. The van der Waals surface area contributed by atoms with Crippen LogP contribution < -0.4 is 5.73 Å². The molecule has 0 bridgehead atoms. The molecule has 94 valence electrons. The summed E-state index contributed by atoms with van der Waals surface area (Å²) in [5.74, 6) is 0.946. The molecule has 0 aliphatic heterocycles. The predicted octanol–water partition coefficient (Wildman–Crippen LogP) is 1.59. The average Bonchev–Trinajstić information content (AvgIpc) is 2.78. The van der Waals surface area contributed by atoms with Crippen molar-refractivity contribution in [1.29, 1.82) is 0 Å². The van der Waals surface area contributed by atoms with Gasteiger partial charge in [-0.3, -0.25) is 4.79 Å². The molecule has 1 aromatic heterocycles. The second-order valence-electron chi connectivity index (χ2n) is 4.16. The van der Waals surface area contributed by atoms with E-state index in [2.05, 4.69) is 0 Å². The van der Waals surface area contributed by atoms with Gasteiger partial charge in [0.2, 0.25) is 5.91 Å². The minimum absolute atomic E-state index is 0.0440. The first-order valence-corrected chi connectivity index (χ1v) is 5.97. The van der Waals surface area contributed by atoms with Gasteiger partial charge in [-0.1, -0.05) is 19.1 Å². The van der Waals surface area contributed by atoms with E-state index in [1.807, 2.05) is 19.1 Å². The third kappa shape index (κ3) is 4.56. The molecule has 17 heavy (non-hydrogen) atoms. The molecule has 0 saturated carbocycles. The lowest BCUT2D eigenvalue weighted by atomic mass is 10.1. The van der Waals surface area contributed by atoms with Gasteiger partial charge in [-0.25, -0.2) is 0 Å². The Morgan fingerprint density at radius 1 is 1.65 bits per heavy atom. The molecule has 0 aliphatic carbocycles. The summed E-state index contributed by atoms with van der Waals surface area (Å²) >= 11 is 4.88. The molecule has 1 heterocycles. The van der Waals surface area contributed by atoms with Gasteiger partial charge in [-0.15, -0.1) is 0 Å². The minimum Gasteiger partial charge on any atom is -0.469 e. The molecule has 0 radical (unpaired) electrons. The van der Waals surface area contributed by atoms with Crippen LogP contribution >= 0.6 is 12.2 Å². The maximum atomic E-state index is 11.8. The number of hydrogen-bond donors (Lipinski definition) is 1. The molecule has 5 heteroatoms. The maximum Gasteiger partial charge on any atom is 0.222 e. The maximum absolute atomic E-state index is 11.8. The van der Waals surface area contributed by atoms with Crippen LogP contribution in [0.1, 0.15) is 19.1 Å². The molecule has 1 unspecified atom stereocenters. The first kappa shape index (κ1) is 13.7. The average molecular weight is 254 g/mol. The van der Waals surface area contributed by atoms with E-state index in [1.165, 1.54) is 0 Å². The van der Waals surface area contributed by atoms with E-state index in [0.29, 0.717) is 24.4 Å². The van der Waals surface area contributed by atoms with E-state index in [9.17, 15) is 4.79 Å². The molecule has 4 nitrogen and oxygen atoms in total. The van der Waals surface area contributed by atoms with Crippen molar-refractivity contribution in [3.05, 3.63) is 24.2 Å². The van der Waals surface area contributed by atoms with Gasteiger partial charge < -0.3 is 15.1 Å². The predicted molar refractivity (Wildman–Crippen MR) is 70.6 cm³/mol. The number of nitrogens with zero attached hydrogens (tertiary/aromatic N) is 1. The standard InChI is InChI=1S/C12H18N2O2S/c1-9(12(13)17)8-14(2)11(15)6-5-10-4-3-7-16-10/h3-4,7,9H,5-6,8H2,1-2H3,(H2,13,17). The van der Waals surface area contributed by atoms with Crippen LogP contribution in [0, 0.1) is 5.92 Å². The number of thiocarbonyl (C=S) groups is 1. The summed E-state index contributed by atoms with van der Waals surface area (Å²) in [7, 11) is 1.76. The van der Waals surface area contributed by atoms with Gasteiger partial charge in [-0.05, 0) is 12.1 Å². The zero-order valence-corrected chi connectivity index (χ0v) is 11.0. The normalized spacial score (nSPS) is 12.1. The number of hydrogen-bond acceptors (Lipinski definition) is 3. The number of amides is 1. The lowest BCUT2D eigenvalue weighted by Gasteiger charge is -2.20. The van der Waals surface area contributed by atoms with E-state index in [4.69, 9.17) is 22.4 Å². The Morgan fingerprint density at radius 2 is 2.35 bits per heavy atom. The van der Waals surface area contributed by atoms with Crippen molar-refractivity contribution in [3.8, 4) is 0 Å². The number of rotatable bonds is 6. The van der Waals surface area contributed by atoms with E-state index in [0.717, 1.165) is 5.76 Å². The molecule has 1 amide bonds. The monoisotopic (exact) mass is 254 g/mol. The Morgan fingerprint density at radius 3 is 2.88 bits per heavy atom. The first-order chi connectivity index (χ1) is 8.00. The van der Waals surface area contributed by atoms with Crippen LogP contribution in [-0.4, -0.2) is 29.4 Å². The van der Waals surface area contributed by atoms with Crippen LogP contribution in [0.4, 0.5) is 0 Å². The second kappa shape index (κ2) is 6.39. The third-order valence-corrected chi connectivity index (χ3v) is 3.03. The molecule has 1 atom stereocenters. The fourth-order valence-electron chi connectivity index (χ4n) is 1.48. The topological polar surface area (TPSA) is 59.5 Å². The van der Waals surface area contributed by atoms with Crippen molar-refractivity contribution in [3.63, 3.8) is 0 Å². The van der Waals surface area contributed by atoms with Gasteiger partial charge in [0, 0.05) is 32.4 Å². The summed E-state index contributed by atoms with van der Waals surface area (Å²) in [6.45, 7) is 2.48. The number of carbonyl (C=O) groups is 1. The van der Waals surface area contributed by atoms with E-state index >= 15 is 0 Å². The van der Waals surface area contributed by atoms with Crippen LogP contribution in [-0.2, 0) is 11.2 Å². The first-order valence-electron chi connectivity index (χ1n) is 5.56. The van der Waals surface area contributed by atoms with Crippen molar-refractivity contribution in [2.45, 2.75) is 19.8 Å². The van der Waals surface area contributed by atoms with Gasteiger partial charge in [0.05, 0.1) is 11.3 Å². The molecule has 0 saturated heterocycles. The Labute approximate surface area is 107 Å². The molecular weight excluding hydrogens is 236 g/mol. The third-order valence-electron chi connectivity index (χ3n) is 2.62. The Hall–Kier alpha value is -1.36. The SMILES string of the molecule is CC(CN(C)C(=O)CCc1ccco1)C(N)=S. The second-order valence-corrected chi connectivity index (χ2v) is 4.63. The van der Waals surface area contributed by atoms with Crippen LogP contribution in [0.5, 0.6) is 0 Å². The summed E-state index contributed by atoms with van der Waals surface area (Å²) in [6, 6.07) is 3.68. The summed E-state index contributed by atoms with van der Waals surface area (Å²) in [6.07, 6.45) is 2.67. The largest absolute Gasteiger partial charge is 0.469 e. The molecule has 2 N–H and O–H groups in total. The lowest BCUT2D eigenvalue weighted by Crippen LogP contribution is -2.35. The van der Waals surface area contributed by atoms with Crippen LogP contribution in [0.25, 0.3) is 0 Å².